The summed E-state index contributed by atoms with van der Waals surface area (Å²) in [7, 11) is 2.14. The summed E-state index contributed by atoms with van der Waals surface area (Å²) in [5, 5.41) is 0. The molecule has 0 N–H and O–H groups in total. The molecular formula is C29H38F2N2O. The number of rotatable bonds is 11. The number of aromatic nitrogens is 1. The van der Waals surface area contributed by atoms with Crippen LogP contribution in [0.1, 0.15) is 57.8 Å². The Morgan fingerprint density at radius 2 is 1.74 bits per heavy atom. The van der Waals surface area contributed by atoms with Crippen LogP contribution in [-0.4, -0.2) is 36.3 Å². The van der Waals surface area contributed by atoms with Gasteiger partial charge in [-0.15, -0.1) is 0 Å². The van der Waals surface area contributed by atoms with Gasteiger partial charge in [0.2, 0.25) is 0 Å². The van der Waals surface area contributed by atoms with Crippen LogP contribution in [0, 0.1) is 17.0 Å². The Hall–Kier alpha value is -2.50. The minimum Gasteiger partial charge on any atom is -0.381 e. The number of halogens is 2. The number of nitrogens with zero attached hydrogens (tertiary/aromatic N) is 2. The van der Waals surface area contributed by atoms with Crippen molar-refractivity contribution in [3.8, 4) is 11.1 Å². The molecule has 3 rings (SSSR count). The molecule has 0 fully saturated rings. The molecule has 1 heterocycles. The Labute approximate surface area is 203 Å². The highest BCUT2D eigenvalue weighted by atomic mass is 19.1. The van der Waals surface area contributed by atoms with Gasteiger partial charge in [0.25, 0.3) is 0 Å². The Bertz CT molecular complexity index is 1040. The molecule has 3 nitrogen and oxygen atoms in total. The molecule has 0 saturated carbocycles. The molecule has 1 atom stereocenters. The van der Waals surface area contributed by atoms with Crippen LogP contribution in [0.25, 0.3) is 11.1 Å². The van der Waals surface area contributed by atoms with Gasteiger partial charge < -0.3 is 9.30 Å². The van der Waals surface area contributed by atoms with Crippen molar-refractivity contribution in [3.63, 3.8) is 0 Å². The lowest BCUT2D eigenvalue weighted by molar-refractivity contribution is 0.0897. The lowest BCUT2D eigenvalue weighted by atomic mass is 9.83. The third-order valence-electron chi connectivity index (χ3n) is 6.05. The number of hydrogen-bond acceptors (Lipinski definition) is 2. The maximum Gasteiger partial charge on any atom is 0.131 e. The van der Waals surface area contributed by atoms with Gasteiger partial charge in [0.1, 0.15) is 11.6 Å². The standard InChI is InChI=1S/C29H38F2N2O/c1-6-16-34-17-10-15-32(5)28(29(2,3)4)27-18-23(25-19-24(30)13-14-26(25)31)21-33(27)20-22-11-8-7-9-12-22/h7-9,11-14,18-19,21,28H,6,10,15-17,20H2,1-5H3. The molecule has 0 aliphatic carbocycles. The molecule has 1 unspecified atom stereocenters. The van der Waals surface area contributed by atoms with E-state index in [4.69, 9.17) is 4.74 Å². The quantitative estimate of drug-likeness (QED) is 0.274. The van der Waals surface area contributed by atoms with Crippen LogP contribution >= 0.6 is 0 Å². The van der Waals surface area contributed by atoms with E-state index >= 15 is 0 Å². The lowest BCUT2D eigenvalue weighted by Gasteiger charge is -2.39. The first kappa shape index (κ1) is 26.1. The second-order valence-electron chi connectivity index (χ2n) is 10.1. The van der Waals surface area contributed by atoms with Crippen molar-refractivity contribution in [3.05, 3.63) is 83.7 Å². The Morgan fingerprint density at radius 1 is 1.00 bits per heavy atom. The fourth-order valence-electron chi connectivity index (χ4n) is 4.66. The van der Waals surface area contributed by atoms with E-state index in [1.807, 2.05) is 30.5 Å². The van der Waals surface area contributed by atoms with Crippen molar-refractivity contribution in [1.29, 1.82) is 0 Å². The van der Waals surface area contributed by atoms with Gasteiger partial charge in [0.05, 0.1) is 6.04 Å². The predicted octanol–water partition coefficient (Wildman–Crippen LogP) is 7.32. The molecule has 184 valence electrons. The largest absolute Gasteiger partial charge is 0.381 e. The Balaban J connectivity index is 2.00. The number of hydrogen-bond donors (Lipinski definition) is 0. The summed E-state index contributed by atoms with van der Waals surface area (Å²) >= 11 is 0. The first-order chi connectivity index (χ1) is 16.2. The van der Waals surface area contributed by atoms with Crippen LogP contribution in [0.3, 0.4) is 0 Å². The topological polar surface area (TPSA) is 17.4 Å². The van der Waals surface area contributed by atoms with E-state index in [2.05, 4.69) is 56.3 Å². The average Bonchev–Trinajstić information content (AvgIpc) is 3.17. The SMILES string of the molecule is CCCOCCCN(C)C(c1cc(-c2cc(F)ccc2F)cn1Cc1ccccc1)C(C)(C)C. The van der Waals surface area contributed by atoms with E-state index in [9.17, 15) is 8.78 Å². The first-order valence-corrected chi connectivity index (χ1v) is 12.2. The summed E-state index contributed by atoms with van der Waals surface area (Å²) in [5.41, 5.74) is 3.15. The van der Waals surface area contributed by atoms with Crippen molar-refractivity contribution in [2.24, 2.45) is 5.41 Å². The minimum absolute atomic E-state index is 0.0766. The smallest absolute Gasteiger partial charge is 0.131 e. The van der Waals surface area contributed by atoms with Crippen LogP contribution in [0.4, 0.5) is 8.78 Å². The molecule has 0 aliphatic rings. The van der Waals surface area contributed by atoms with Crippen LogP contribution < -0.4 is 0 Å². The Morgan fingerprint density at radius 3 is 2.41 bits per heavy atom. The molecule has 1 aromatic heterocycles. The molecule has 0 amide bonds. The summed E-state index contributed by atoms with van der Waals surface area (Å²) in [6, 6.07) is 16.0. The maximum atomic E-state index is 14.7. The van der Waals surface area contributed by atoms with Crippen LogP contribution in [0.5, 0.6) is 0 Å². The van der Waals surface area contributed by atoms with Gasteiger partial charge in [0, 0.05) is 49.3 Å². The zero-order valence-electron chi connectivity index (χ0n) is 21.2. The zero-order chi connectivity index (χ0) is 24.7. The van der Waals surface area contributed by atoms with Gasteiger partial charge >= 0.3 is 0 Å². The van der Waals surface area contributed by atoms with E-state index < -0.39 is 11.6 Å². The van der Waals surface area contributed by atoms with E-state index in [0.717, 1.165) is 49.9 Å². The molecule has 0 bridgehead atoms. The van der Waals surface area contributed by atoms with Crippen LogP contribution in [0.2, 0.25) is 0 Å². The van der Waals surface area contributed by atoms with Crippen molar-refractivity contribution in [1.82, 2.24) is 9.47 Å². The van der Waals surface area contributed by atoms with Gasteiger partial charge in [-0.05, 0) is 55.1 Å². The highest BCUT2D eigenvalue weighted by Gasteiger charge is 2.32. The average molecular weight is 469 g/mol. The summed E-state index contributed by atoms with van der Waals surface area (Å²) in [4.78, 5) is 2.36. The molecular weight excluding hydrogens is 430 g/mol. The molecule has 34 heavy (non-hydrogen) atoms. The van der Waals surface area contributed by atoms with Gasteiger partial charge in [-0.3, -0.25) is 4.90 Å². The first-order valence-electron chi connectivity index (χ1n) is 12.2. The second-order valence-corrected chi connectivity index (χ2v) is 10.1. The monoisotopic (exact) mass is 468 g/mol. The van der Waals surface area contributed by atoms with Gasteiger partial charge in [-0.1, -0.05) is 58.0 Å². The molecule has 5 heteroatoms. The van der Waals surface area contributed by atoms with Gasteiger partial charge in [-0.2, -0.15) is 0 Å². The van der Waals surface area contributed by atoms with Crippen LogP contribution in [-0.2, 0) is 11.3 Å². The third kappa shape index (κ3) is 6.77. The molecule has 0 aliphatic heterocycles. The molecule has 0 saturated heterocycles. The second kappa shape index (κ2) is 11.8. The molecule has 0 spiro atoms. The number of benzene rings is 2. The molecule has 3 aromatic rings. The van der Waals surface area contributed by atoms with E-state index in [0.29, 0.717) is 12.1 Å². The highest BCUT2D eigenvalue weighted by Crippen LogP contribution is 2.40. The number of ether oxygens (including phenoxy) is 1. The third-order valence-corrected chi connectivity index (χ3v) is 6.05. The van der Waals surface area contributed by atoms with E-state index in [-0.39, 0.29) is 17.0 Å². The van der Waals surface area contributed by atoms with Gasteiger partial charge in [0.15, 0.2) is 0 Å². The molecule has 0 radical (unpaired) electrons. The van der Waals surface area contributed by atoms with Crippen LogP contribution in [0.15, 0.2) is 60.8 Å². The fourth-order valence-corrected chi connectivity index (χ4v) is 4.66. The molecule has 2 aromatic carbocycles. The van der Waals surface area contributed by atoms with Gasteiger partial charge in [-0.25, -0.2) is 8.78 Å². The van der Waals surface area contributed by atoms with Crippen molar-refractivity contribution in [2.75, 3.05) is 26.8 Å². The summed E-state index contributed by atoms with van der Waals surface area (Å²) in [5.74, 6) is -0.858. The summed E-state index contributed by atoms with van der Waals surface area (Å²) < 4.78 is 36.6. The van der Waals surface area contributed by atoms with Crippen molar-refractivity contribution < 1.29 is 13.5 Å². The van der Waals surface area contributed by atoms with Crippen molar-refractivity contribution >= 4 is 0 Å². The zero-order valence-corrected chi connectivity index (χ0v) is 21.2. The normalized spacial score (nSPS) is 12.9. The van der Waals surface area contributed by atoms with Crippen molar-refractivity contribution in [2.45, 2.75) is 53.1 Å². The minimum atomic E-state index is -0.440. The predicted molar refractivity (Wildman–Crippen MR) is 136 cm³/mol. The summed E-state index contributed by atoms with van der Waals surface area (Å²) in [6.45, 7) is 11.9. The van der Waals surface area contributed by atoms with E-state index in [1.165, 1.54) is 12.1 Å². The lowest BCUT2D eigenvalue weighted by Crippen LogP contribution is -2.36. The van der Waals surface area contributed by atoms with E-state index in [1.54, 1.807) is 0 Å². The highest BCUT2D eigenvalue weighted by molar-refractivity contribution is 5.65. The fraction of sp³-hybridized carbons (Fsp3) is 0.448. The summed E-state index contributed by atoms with van der Waals surface area (Å²) in [6.07, 6.45) is 3.91. The Kier molecular flexibility index (Phi) is 9.03. The maximum absolute atomic E-state index is 14.7.